The fourth-order valence-corrected chi connectivity index (χ4v) is 11.2. The molecule has 2 amide bonds. The Hall–Kier alpha value is -3.00. The summed E-state index contributed by atoms with van der Waals surface area (Å²) in [7, 11) is 0. The van der Waals surface area contributed by atoms with E-state index in [4.69, 9.17) is 12.2 Å². The fourth-order valence-electron chi connectivity index (χ4n) is 7.85. The molecule has 2 bridgehead atoms. The van der Waals surface area contributed by atoms with Gasteiger partial charge in [0, 0.05) is 16.0 Å². The third-order valence-corrected chi connectivity index (χ3v) is 12.3. The lowest BCUT2D eigenvalue weighted by Gasteiger charge is -2.43. The third kappa shape index (κ3) is 3.46. The maximum Gasteiger partial charge on any atom is 0.238 e. The molecule has 1 saturated heterocycles. The van der Waals surface area contributed by atoms with Crippen LogP contribution in [0.3, 0.4) is 0 Å². The number of nitrogens with zero attached hydrogens (tertiary/aromatic N) is 1. The number of aromatic nitrogens is 1. The van der Waals surface area contributed by atoms with Crippen LogP contribution in [0.5, 0.6) is 0 Å². The highest BCUT2D eigenvalue weighted by Crippen LogP contribution is 2.69. The number of aromatic amines is 1. The maximum atomic E-state index is 13.9. The van der Waals surface area contributed by atoms with E-state index in [9.17, 15) is 9.59 Å². The number of carbonyl (C=O) groups is 2. The van der Waals surface area contributed by atoms with Gasteiger partial charge in [0.2, 0.25) is 11.8 Å². The van der Waals surface area contributed by atoms with E-state index in [1.807, 2.05) is 49.0 Å². The molecular formula is C32H26N2O2S3. The first-order chi connectivity index (χ1) is 19.0. The number of anilines is 1. The molecule has 7 atom stereocenters. The summed E-state index contributed by atoms with van der Waals surface area (Å²) < 4.78 is 0.795. The summed E-state index contributed by atoms with van der Waals surface area (Å²) in [4.78, 5) is 33.9. The Morgan fingerprint density at radius 1 is 0.846 bits per heavy atom. The summed E-state index contributed by atoms with van der Waals surface area (Å²) >= 11 is 9.14. The summed E-state index contributed by atoms with van der Waals surface area (Å²) in [6, 6.07) is 27.2. The molecule has 4 aromatic rings. The van der Waals surface area contributed by atoms with Gasteiger partial charge in [-0.05, 0) is 72.1 Å². The number of carbonyl (C=O) groups excluding carboxylic acids is 2. The van der Waals surface area contributed by atoms with Gasteiger partial charge in [-0.25, -0.2) is 0 Å². The maximum absolute atomic E-state index is 13.9. The van der Waals surface area contributed by atoms with Gasteiger partial charge in [0.15, 0.2) is 3.95 Å². The minimum atomic E-state index is -0.231. The number of thiazole rings is 1. The number of thioether (sulfide) groups is 1. The standard InChI is InChI=1S/C32H26N2O2S3/c1-16-7-13-20(14-8-16)34-30(35)25-21-15-22(26(25)31(34)36)27-24(21)23(28-29(38-27)33-32(37)39-28)19-11-9-18(10-12-19)17-5-3-2-4-6-17/h2-14,21-27H,15H2,1H3,(H,33,37). The Morgan fingerprint density at radius 3 is 2.23 bits per heavy atom. The number of hydrogen-bond acceptors (Lipinski definition) is 5. The van der Waals surface area contributed by atoms with Gasteiger partial charge in [-0.2, -0.15) is 0 Å². The van der Waals surface area contributed by atoms with Crippen molar-refractivity contribution >= 4 is 52.8 Å². The van der Waals surface area contributed by atoms with Crippen molar-refractivity contribution in [3.05, 3.63) is 98.8 Å². The molecule has 0 radical (unpaired) electrons. The smallest absolute Gasteiger partial charge is 0.238 e. The molecular weight excluding hydrogens is 541 g/mol. The minimum Gasteiger partial charge on any atom is -0.332 e. The van der Waals surface area contributed by atoms with E-state index in [1.165, 1.54) is 26.5 Å². The van der Waals surface area contributed by atoms with Crippen LogP contribution < -0.4 is 4.90 Å². The van der Waals surface area contributed by atoms with Crippen LogP contribution in [0.25, 0.3) is 11.1 Å². The van der Waals surface area contributed by atoms with Gasteiger partial charge >= 0.3 is 0 Å². The molecule has 7 heteroatoms. The van der Waals surface area contributed by atoms with Gasteiger partial charge in [-0.1, -0.05) is 72.3 Å². The Kier molecular flexibility index (Phi) is 5.35. The second kappa shape index (κ2) is 8.75. The summed E-state index contributed by atoms with van der Waals surface area (Å²) in [6.45, 7) is 2.02. The molecule has 4 nitrogen and oxygen atoms in total. The molecule has 1 N–H and O–H groups in total. The zero-order valence-corrected chi connectivity index (χ0v) is 23.7. The number of nitrogens with one attached hydrogen (secondary N) is 1. The van der Waals surface area contributed by atoms with Crippen molar-refractivity contribution in [2.45, 2.75) is 29.5 Å². The van der Waals surface area contributed by atoms with E-state index in [2.05, 4.69) is 53.5 Å². The summed E-state index contributed by atoms with van der Waals surface area (Å²) in [5.41, 5.74) is 5.49. The number of rotatable bonds is 3. The summed E-state index contributed by atoms with van der Waals surface area (Å²) in [5, 5.41) is 1.44. The molecule has 39 heavy (non-hydrogen) atoms. The Balaban J connectivity index is 1.19. The van der Waals surface area contributed by atoms with Crippen molar-refractivity contribution in [2.75, 3.05) is 4.90 Å². The molecule has 3 heterocycles. The first kappa shape index (κ1) is 23.9. The van der Waals surface area contributed by atoms with Crippen molar-refractivity contribution in [1.29, 1.82) is 0 Å². The topological polar surface area (TPSA) is 53.2 Å². The second-order valence-corrected chi connectivity index (χ2v) is 14.2. The molecule has 0 spiro atoms. The number of hydrogen-bond donors (Lipinski definition) is 1. The number of imide groups is 1. The van der Waals surface area contributed by atoms with E-state index in [0.29, 0.717) is 11.6 Å². The molecule has 2 saturated carbocycles. The number of fused-ring (bicyclic) bond motifs is 9. The Labute approximate surface area is 240 Å². The largest absolute Gasteiger partial charge is 0.332 e. The molecule has 3 aromatic carbocycles. The van der Waals surface area contributed by atoms with Gasteiger partial charge in [-0.3, -0.25) is 14.5 Å². The van der Waals surface area contributed by atoms with Crippen LogP contribution in [0.4, 0.5) is 5.69 Å². The van der Waals surface area contributed by atoms with E-state index in [0.717, 1.165) is 21.0 Å². The lowest BCUT2D eigenvalue weighted by Crippen LogP contribution is -2.42. The Morgan fingerprint density at radius 2 is 1.51 bits per heavy atom. The number of benzene rings is 3. The molecule has 7 unspecified atom stereocenters. The van der Waals surface area contributed by atoms with E-state index in [1.54, 1.807) is 11.3 Å². The van der Waals surface area contributed by atoms with Crippen LogP contribution in [-0.2, 0) is 9.59 Å². The summed E-state index contributed by atoms with van der Waals surface area (Å²) in [6.07, 6.45) is 0.950. The number of H-pyrrole nitrogens is 1. The van der Waals surface area contributed by atoms with Gasteiger partial charge < -0.3 is 4.98 Å². The van der Waals surface area contributed by atoms with Crippen molar-refractivity contribution in [1.82, 2.24) is 4.98 Å². The fraction of sp³-hybridized carbons (Fsp3) is 0.281. The average molecular weight is 567 g/mol. The highest BCUT2D eigenvalue weighted by atomic mass is 32.2. The predicted molar refractivity (Wildman–Crippen MR) is 159 cm³/mol. The SMILES string of the molecule is Cc1ccc(N2C(=O)C3C4CC(C3C2=O)C2C(c3ccc(-c5ccccc5)cc3)c3sc(=S)[nH]c3SC42)cc1. The molecule has 194 valence electrons. The third-order valence-electron chi connectivity index (χ3n) is 9.39. The van der Waals surface area contributed by atoms with Crippen molar-refractivity contribution in [2.24, 2.45) is 29.6 Å². The highest BCUT2D eigenvalue weighted by Gasteiger charge is 2.69. The lowest BCUT2D eigenvalue weighted by atomic mass is 9.68. The van der Waals surface area contributed by atoms with Crippen molar-refractivity contribution < 1.29 is 9.59 Å². The zero-order valence-electron chi connectivity index (χ0n) is 21.2. The van der Waals surface area contributed by atoms with E-state index in [-0.39, 0.29) is 46.7 Å². The second-order valence-electron chi connectivity index (χ2n) is 11.3. The van der Waals surface area contributed by atoms with Crippen LogP contribution in [0.15, 0.2) is 83.9 Å². The van der Waals surface area contributed by atoms with E-state index >= 15 is 0 Å². The van der Waals surface area contributed by atoms with Gasteiger partial charge in [-0.15, -0.1) is 23.1 Å². The first-order valence-corrected chi connectivity index (χ1v) is 15.6. The summed E-state index contributed by atoms with van der Waals surface area (Å²) in [5.74, 6) is 0.388. The van der Waals surface area contributed by atoms with E-state index < -0.39 is 0 Å². The first-order valence-electron chi connectivity index (χ1n) is 13.5. The van der Waals surface area contributed by atoms with Crippen LogP contribution in [0, 0.1) is 40.5 Å². The molecule has 2 aliphatic carbocycles. The van der Waals surface area contributed by atoms with Crippen LogP contribution in [-0.4, -0.2) is 22.0 Å². The van der Waals surface area contributed by atoms with Crippen LogP contribution in [0.1, 0.15) is 28.3 Å². The molecule has 4 aliphatic rings. The van der Waals surface area contributed by atoms with Gasteiger partial charge in [0.25, 0.3) is 0 Å². The van der Waals surface area contributed by atoms with Crippen LogP contribution in [0.2, 0.25) is 0 Å². The highest BCUT2D eigenvalue weighted by molar-refractivity contribution is 8.00. The quantitative estimate of drug-likeness (QED) is 0.207. The minimum absolute atomic E-state index is 0.00419. The number of aryl methyl sites for hydroxylation is 1. The van der Waals surface area contributed by atoms with Crippen molar-refractivity contribution in [3.63, 3.8) is 0 Å². The monoisotopic (exact) mass is 566 g/mol. The molecule has 1 aromatic heterocycles. The van der Waals surface area contributed by atoms with Crippen LogP contribution >= 0.6 is 35.3 Å². The molecule has 3 fully saturated rings. The van der Waals surface area contributed by atoms with Gasteiger partial charge in [0.05, 0.1) is 22.5 Å². The normalized spacial score (nSPS) is 30.4. The van der Waals surface area contributed by atoms with Crippen molar-refractivity contribution in [3.8, 4) is 11.1 Å². The lowest BCUT2D eigenvalue weighted by molar-refractivity contribution is -0.123. The Bertz CT molecular complexity index is 1680. The average Bonchev–Trinajstić information content (AvgIpc) is 3.69. The molecule has 2 aliphatic heterocycles. The zero-order chi connectivity index (χ0) is 26.4. The van der Waals surface area contributed by atoms with Gasteiger partial charge in [0.1, 0.15) is 0 Å². The number of amides is 2. The predicted octanol–water partition coefficient (Wildman–Crippen LogP) is 7.46. The molecule has 8 rings (SSSR count).